The van der Waals surface area contributed by atoms with Crippen LogP contribution in [0.5, 0.6) is 0 Å². The third-order valence-electron chi connectivity index (χ3n) is 2.30. The lowest BCUT2D eigenvalue weighted by Gasteiger charge is -2.34. The molecule has 1 atom stereocenters. The molecule has 1 aliphatic heterocycles. The molecule has 15 heavy (non-hydrogen) atoms. The van der Waals surface area contributed by atoms with Crippen LogP contribution < -0.4 is 5.32 Å². The summed E-state index contributed by atoms with van der Waals surface area (Å²) in [6.45, 7) is 1.70. The number of carboxylic acids is 1. The molecule has 1 fully saturated rings. The highest BCUT2D eigenvalue weighted by Gasteiger charge is 2.31. The third kappa shape index (κ3) is 3.17. The highest BCUT2D eigenvalue weighted by Crippen LogP contribution is 2.04. The first kappa shape index (κ1) is 11.9. The van der Waals surface area contributed by atoms with Crippen molar-refractivity contribution in [2.75, 3.05) is 40.3 Å². The lowest BCUT2D eigenvalue weighted by molar-refractivity contribution is -0.151. The Hall–Kier alpha value is -1.14. The second-order valence-electron chi connectivity index (χ2n) is 3.88. The molecule has 1 rings (SSSR count). The second kappa shape index (κ2) is 5.09. The maximum Gasteiger partial charge on any atom is 0.327 e. The van der Waals surface area contributed by atoms with E-state index in [9.17, 15) is 9.59 Å². The van der Waals surface area contributed by atoms with E-state index in [0.29, 0.717) is 19.6 Å². The van der Waals surface area contributed by atoms with E-state index in [1.165, 1.54) is 4.90 Å². The van der Waals surface area contributed by atoms with Crippen molar-refractivity contribution >= 4 is 11.9 Å². The van der Waals surface area contributed by atoms with Gasteiger partial charge in [-0.2, -0.15) is 0 Å². The van der Waals surface area contributed by atoms with E-state index in [1.807, 2.05) is 0 Å². The van der Waals surface area contributed by atoms with Crippen LogP contribution in [0.25, 0.3) is 0 Å². The molecule has 2 N–H and O–H groups in total. The number of carboxylic acid groups (broad SMARTS) is 1. The SMILES string of the molecule is CN(C)CC(=O)N1CCNCC1C(=O)O. The van der Waals surface area contributed by atoms with Gasteiger partial charge in [-0.05, 0) is 14.1 Å². The smallest absolute Gasteiger partial charge is 0.327 e. The summed E-state index contributed by atoms with van der Waals surface area (Å²) < 4.78 is 0. The number of piperazine rings is 1. The quantitative estimate of drug-likeness (QED) is 0.595. The van der Waals surface area contributed by atoms with Gasteiger partial charge < -0.3 is 20.2 Å². The molecular weight excluding hydrogens is 198 g/mol. The Bertz CT molecular complexity index is 255. The van der Waals surface area contributed by atoms with Crippen LogP contribution in [0.1, 0.15) is 0 Å². The standard InChI is InChI=1S/C9H17N3O3/c1-11(2)6-8(13)12-4-3-10-5-7(12)9(14)15/h7,10H,3-6H2,1-2H3,(H,14,15). The molecule has 0 aromatic carbocycles. The lowest BCUT2D eigenvalue weighted by Crippen LogP contribution is -2.58. The minimum Gasteiger partial charge on any atom is -0.480 e. The van der Waals surface area contributed by atoms with Crippen molar-refractivity contribution in [2.45, 2.75) is 6.04 Å². The zero-order valence-electron chi connectivity index (χ0n) is 9.06. The maximum atomic E-state index is 11.7. The average molecular weight is 215 g/mol. The molecule has 0 spiro atoms. The largest absolute Gasteiger partial charge is 0.480 e. The van der Waals surface area contributed by atoms with E-state index >= 15 is 0 Å². The number of hydrogen-bond donors (Lipinski definition) is 2. The Morgan fingerprint density at radius 1 is 1.53 bits per heavy atom. The van der Waals surface area contributed by atoms with Crippen molar-refractivity contribution in [3.05, 3.63) is 0 Å². The van der Waals surface area contributed by atoms with Crippen LogP contribution in [-0.2, 0) is 9.59 Å². The summed E-state index contributed by atoms with van der Waals surface area (Å²) in [5.41, 5.74) is 0. The molecule has 86 valence electrons. The van der Waals surface area contributed by atoms with Crippen molar-refractivity contribution in [1.82, 2.24) is 15.1 Å². The lowest BCUT2D eigenvalue weighted by atomic mass is 10.2. The first-order valence-corrected chi connectivity index (χ1v) is 4.90. The summed E-state index contributed by atoms with van der Waals surface area (Å²) in [7, 11) is 3.58. The van der Waals surface area contributed by atoms with Gasteiger partial charge in [-0.15, -0.1) is 0 Å². The van der Waals surface area contributed by atoms with Crippen molar-refractivity contribution in [3.63, 3.8) is 0 Å². The number of rotatable bonds is 3. The summed E-state index contributed by atoms with van der Waals surface area (Å²) in [6.07, 6.45) is 0. The maximum absolute atomic E-state index is 11.7. The molecule has 0 aromatic rings. The minimum absolute atomic E-state index is 0.131. The Morgan fingerprint density at radius 3 is 2.73 bits per heavy atom. The number of carbonyl (C=O) groups is 2. The first-order valence-electron chi connectivity index (χ1n) is 4.90. The summed E-state index contributed by atoms with van der Waals surface area (Å²) in [6, 6.07) is -0.730. The molecule has 1 saturated heterocycles. The highest BCUT2D eigenvalue weighted by molar-refractivity contribution is 5.85. The summed E-state index contributed by atoms with van der Waals surface area (Å²) in [5, 5.41) is 11.9. The normalized spacial score (nSPS) is 21.8. The van der Waals surface area contributed by atoms with Gasteiger partial charge in [-0.25, -0.2) is 4.79 Å². The monoisotopic (exact) mass is 215 g/mol. The van der Waals surface area contributed by atoms with E-state index in [1.54, 1.807) is 19.0 Å². The molecule has 1 aliphatic rings. The van der Waals surface area contributed by atoms with Crippen molar-refractivity contribution in [2.24, 2.45) is 0 Å². The van der Waals surface area contributed by atoms with Gasteiger partial charge in [-0.3, -0.25) is 4.79 Å². The van der Waals surface area contributed by atoms with Crippen LogP contribution in [0.15, 0.2) is 0 Å². The topological polar surface area (TPSA) is 72.9 Å². The molecule has 6 nitrogen and oxygen atoms in total. The van der Waals surface area contributed by atoms with Crippen LogP contribution in [0.2, 0.25) is 0 Å². The van der Waals surface area contributed by atoms with E-state index in [-0.39, 0.29) is 12.5 Å². The molecule has 1 unspecified atom stereocenters. The van der Waals surface area contributed by atoms with E-state index in [4.69, 9.17) is 5.11 Å². The Balaban J connectivity index is 2.63. The van der Waals surface area contributed by atoms with Crippen molar-refractivity contribution in [3.8, 4) is 0 Å². The van der Waals surface area contributed by atoms with Crippen LogP contribution in [0.3, 0.4) is 0 Å². The average Bonchev–Trinajstić information content (AvgIpc) is 2.16. The minimum atomic E-state index is -0.950. The highest BCUT2D eigenvalue weighted by atomic mass is 16.4. The predicted molar refractivity (Wildman–Crippen MR) is 54.6 cm³/mol. The number of nitrogens with one attached hydrogen (secondary N) is 1. The molecule has 0 bridgehead atoms. The van der Waals surface area contributed by atoms with Crippen LogP contribution in [0.4, 0.5) is 0 Å². The summed E-state index contributed by atoms with van der Waals surface area (Å²) in [5.74, 6) is -1.08. The number of aliphatic carboxylic acids is 1. The molecule has 1 heterocycles. The van der Waals surface area contributed by atoms with Crippen LogP contribution in [-0.4, -0.2) is 73.1 Å². The van der Waals surface area contributed by atoms with Crippen LogP contribution >= 0.6 is 0 Å². The molecule has 0 radical (unpaired) electrons. The van der Waals surface area contributed by atoms with Crippen molar-refractivity contribution in [1.29, 1.82) is 0 Å². The van der Waals surface area contributed by atoms with Gasteiger partial charge in [0.25, 0.3) is 0 Å². The number of likely N-dealkylation sites (N-methyl/N-ethyl adjacent to an activating group) is 1. The third-order valence-corrected chi connectivity index (χ3v) is 2.30. The van der Waals surface area contributed by atoms with Gasteiger partial charge in [0.1, 0.15) is 6.04 Å². The summed E-state index contributed by atoms with van der Waals surface area (Å²) >= 11 is 0. The predicted octanol–water partition coefficient (Wildman–Crippen LogP) is -1.57. The van der Waals surface area contributed by atoms with E-state index in [0.717, 1.165) is 0 Å². The number of hydrogen-bond acceptors (Lipinski definition) is 4. The van der Waals surface area contributed by atoms with Gasteiger partial charge in [-0.1, -0.05) is 0 Å². The van der Waals surface area contributed by atoms with Crippen LogP contribution in [0, 0.1) is 0 Å². The summed E-state index contributed by atoms with van der Waals surface area (Å²) in [4.78, 5) is 25.8. The van der Waals surface area contributed by atoms with Gasteiger partial charge in [0.2, 0.25) is 5.91 Å². The molecule has 0 saturated carbocycles. The van der Waals surface area contributed by atoms with E-state index in [2.05, 4.69) is 5.32 Å². The van der Waals surface area contributed by atoms with Gasteiger partial charge in [0.05, 0.1) is 6.54 Å². The Labute approximate surface area is 88.8 Å². The van der Waals surface area contributed by atoms with E-state index < -0.39 is 12.0 Å². The Morgan fingerprint density at radius 2 is 2.20 bits per heavy atom. The number of nitrogens with zero attached hydrogens (tertiary/aromatic N) is 2. The molecule has 0 aromatic heterocycles. The second-order valence-corrected chi connectivity index (χ2v) is 3.88. The first-order chi connectivity index (χ1) is 7.02. The molecular formula is C9H17N3O3. The fourth-order valence-corrected chi connectivity index (χ4v) is 1.58. The molecule has 6 heteroatoms. The van der Waals surface area contributed by atoms with Gasteiger partial charge in [0.15, 0.2) is 0 Å². The fourth-order valence-electron chi connectivity index (χ4n) is 1.58. The van der Waals surface area contributed by atoms with Crippen molar-refractivity contribution < 1.29 is 14.7 Å². The number of carbonyl (C=O) groups excluding carboxylic acids is 1. The van der Waals surface area contributed by atoms with Gasteiger partial charge >= 0.3 is 5.97 Å². The fraction of sp³-hybridized carbons (Fsp3) is 0.778. The zero-order valence-corrected chi connectivity index (χ0v) is 9.06. The number of amides is 1. The zero-order chi connectivity index (χ0) is 11.4. The Kier molecular flexibility index (Phi) is 4.05. The van der Waals surface area contributed by atoms with Gasteiger partial charge in [0, 0.05) is 19.6 Å². The molecule has 0 aliphatic carbocycles. The molecule has 1 amide bonds.